The second kappa shape index (κ2) is 6.98. The number of aliphatic hydroxyl groups excluding tert-OH is 1. The summed E-state index contributed by atoms with van der Waals surface area (Å²) in [5.74, 6) is -0.324. The minimum absolute atomic E-state index is 0.0123. The van der Waals surface area contributed by atoms with E-state index < -0.39 is 4.92 Å². The van der Waals surface area contributed by atoms with Gasteiger partial charge in [0, 0.05) is 18.2 Å². The van der Waals surface area contributed by atoms with Crippen molar-refractivity contribution in [1.82, 2.24) is 20.3 Å². The summed E-state index contributed by atoms with van der Waals surface area (Å²) in [6, 6.07) is 6.01. The Hall–Kier alpha value is -2.81. The number of carbonyl (C=O) groups is 1. The fourth-order valence-corrected chi connectivity index (χ4v) is 3.00. The number of rotatable bonds is 4. The Bertz CT molecular complexity index is 796. The first kappa shape index (κ1) is 17.0. The van der Waals surface area contributed by atoms with Gasteiger partial charge in [-0.2, -0.15) is 0 Å². The van der Waals surface area contributed by atoms with E-state index in [0.29, 0.717) is 24.2 Å². The van der Waals surface area contributed by atoms with Crippen LogP contribution < -0.4 is 5.32 Å². The number of aromatic nitrogens is 3. The molecule has 1 saturated carbocycles. The summed E-state index contributed by atoms with van der Waals surface area (Å²) in [5, 5.41) is 31.2. The molecule has 2 aromatic rings. The highest BCUT2D eigenvalue weighted by molar-refractivity contribution is 5.93. The third kappa shape index (κ3) is 3.66. The largest absolute Gasteiger partial charge is 0.393 e. The highest BCUT2D eigenvalue weighted by Crippen LogP contribution is 2.20. The number of nitrogens with one attached hydrogen (secondary N) is 1. The Labute approximate surface area is 143 Å². The maximum atomic E-state index is 12.4. The third-order valence-corrected chi connectivity index (χ3v) is 4.43. The van der Waals surface area contributed by atoms with Gasteiger partial charge in [-0.25, -0.2) is 4.68 Å². The van der Waals surface area contributed by atoms with Crippen LogP contribution in [0.25, 0.3) is 5.69 Å². The lowest BCUT2D eigenvalue weighted by atomic mass is 9.93. The SMILES string of the molecule is Cc1c(C(=O)NC2CCC(O)CC2)nnn1-c1cccc([N+](=O)[O-])c1. The average Bonchev–Trinajstić information content (AvgIpc) is 2.98. The number of nitrogens with zero attached hydrogens (tertiary/aromatic N) is 4. The van der Waals surface area contributed by atoms with Crippen molar-refractivity contribution in [2.24, 2.45) is 0 Å². The van der Waals surface area contributed by atoms with E-state index in [1.807, 2.05) is 0 Å². The van der Waals surface area contributed by atoms with Crippen LogP contribution in [-0.2, 0) is 0 Å². The number of nitro benzene ring substituents is 1. The number of hydrogen-bond acceptors (Lipinski definition) is 6. The number of amides is 1. The quantitative estimate of drug-likeness (QED) is 0.639. The molecule has 0 atom stereocenters. The summed E-state index contributed by atoms with van der Waals surface area (Å²) in [5.41, 5.74) is 1.12. The highest BCUT2D eigenvalue weighted by atomic mass is 16.6. The molecule has 25 heavy (non-hydrogen) atoms. The first-order valence-electron chi connectivity index (χ1n) is 8.11. The minimum Gasteiger partial charge on any atom is -0.393 e. The second-order valence-corrected chi connectivity index (χ2v) is 6.19. The molecule has 0 unspecified atom stereocenters. The van der Waals surface area contributed by atoms with Crippen LogP contribution in [0.1, 0.15) is 41.9 Å². The molecule has 9 heteroatoms. The fourth-order valence-electron chi connectivity index (χ4n) is 3.00. The zero-order valence-electron chi connectivity index (χ0n) is 13.8. The Kier molecular flexibility index (Phi) is 4.75. The van der Waals surface area contributed by atoms with E-state index >= 15 is 0 Å². The summed E-state index contributed by atoms with van der Waals surface area (Å²) in [6.45, 7) is 1.69. The van der Waals surface area contributed by atoms with Crippen molar-refractivity contribution in [2.75, 3.05) is 0 Å². The molecule has 1 aromatic heterocycles. The van der Waals surface area contributed by atoms with Gasteiger partial charge in [0.1, 0.15) is 0 Å². The maximum Gasteiger partial charge on any atom is 0.273 e. The molecule has 1 aliphatic carbocycles. The van der Waals surface area contributed by atoms with E-state index in [-0.39, 0.29) is 29.4 Å². The maximum absolute atomic E-state index is 12.4. The Morgan fingerprint density at radius 1 is 1.36 bits per heavy atom. The van der Waals surface area contributed by atoms with Gasteiger partial charge in [0.25, 0.3) is 11.6 Å². The van der Waals surface area contributed by atoms with E-state index in [1.165, 1.54) is 16.8 Å². The number of non-ortho nitro benzene ring substituents is 1. The molecule has 0 radical (unpaired) electrons. The van der Waals surface area contributed by atoms with Gasteiger partial charge >= 0.3 is 0 Å². The molecule has 1 aliphatic rings. The molecular weight excluding hydrogens is 326 g/mol. The number of benzene rings is 1. The smallest absolute Gasteiger partial charge is 0.273 e. The summed E-state index contributed by atoms with van der Waals surface area (Å²) in [7, 11) is 0. The summed E-state index contributed by atoms with van der Waals surface area (Å²) in [6.07, 6.45) is 2.51. The van der Waals surface area contributed by atoms with Crippen molar-refractivity contribution in [3.8, 4) is 5.69 Å². The first-order valence-corrected chi connectivity index (χ1v) is 8.11. The normalized spacial score (nSPS) is 20.2. The van der Waals surface area contributed by atoms with Gasteiger partial charge in [-0.05, 0) is 38.7 Å². The fraction of sp³-hybridized carbons (Fsp3) is 0.438. The first-order chi connectivity index (χ1) is 12.0. The predicted octanol–water partition coefficient (Wildman–Crippen LogP) is 1.52. The summed E-state index contributed by atoms with van der Waals surface area (Å²) in [4.78, 5) is 22.9. The summed E-state index contributed by atoms with van der Waals surface area (Å²) < 4.78 is 1.41. The number of aliphatic hydroxyl groups is 1. The molecule has 0 saturated heterocycles. The van der Waals surface area contributed by atoms with E-state index in [1.54, 1.807) is 19.1 Å². The van der Waals surface area contributed by atoms with Crippen LogP contribution >= 0.6 is 0 Å². The molecule has 0 aliphatic heterocycles. The highest BCUT2D eigenvalue weighted by Gasteiger charge is 2.24. The molecule has 2 N–H and O–H groups in total. The van der Waals surface area contributed by atoms with E-state index in [9.17, 15) is 20.0 Å². The van der Waals surface area contributed by atoms with Gasteiger partial charge in [0.05, 0.1) is 22.4 Å². The lowest BCUT2D eigenvalue weighted by Crippen LogP contribution is -2.39. The van der Waals surface area contributed by atoms with Crippen LogP contribution in [0, 0.1) is 17.0 Å². The van der Waals surface area contributed by atoms with Gasteiger partial charge in [-0.1, -0.05) is 11.3 Å². The number of hydrogen-bond donors (Lipinski definition) is 2. The zero-order valence-corrected chi connectivity index (χ0v) is 13.8. The Balaban J connectivity index is 1.78. The molecule has 1 amide bonds. The predicted molar refractivity (Wildman–Crippen MR) is 88.5 cm³/mol. The van der Waals surface area contributed by atoms with Crippen LogP contribution in [0.4, 0.5) is 5.69 Å². The molecular formula is C16H19N5O4. The van der Waals surface area contributed by atoms with Gasteiger partial charge < -0.3 is 10.4 Å². The van der Waals surface area contributed by atoms with Crippen LogP contribution in [0.15, 0.2) is 24.3 Å². The molecule has 9 nitrogen and oxygen atoms in total. The molecule has 1 fully saturated rings. The van der Waals surface area contributed by atoms with Crippen LogP contribution in [-0.4, -0.2) is 43.1 Å². The number of nitro groups is 1. The topological polar surface area (TPSA) is 123 Å². The van der Waals surface area contributed by atoms with Gasteiger partial charge in [-0.15, -0.1) is 5.10 Å². The van der Waals surface area contributed by atoms with Crippen LogP contribution in [0.3, 0.4) is 0 Å². The molecule has 132 valence electrons. The van der Waals surface area contributed by atoms with Crippen molar-refractivity contribution < 1.29 is 14.8 Å². The average molecular weight is 345 g/mol. The van der Waals surface area contributed by atoms with Gasteiger partial charge in [0.15, 0.2) is 5.69 Å². The van der Waals surface area contributed by atoms with Crippen molar-refractivity contribution in [2.45, 2.75) is 44.8 Å². The van der Waals surface area contributed by atoms with Crippen LogP contribution in [0.5, 0.6) is 0 Å². The zero-order chi connectivity index (χ0) is 18.0. The molecule has 1 heterocycles. The summed E-state index contributed by atoms with van der Waals surface area (Å²) >= 11 is 0. The van der Waals surface area contributed by atoms with E-state index in [2.05, 4.69) is 15.6 Å². The Morgan fingerprint density at radius 3 is 2.76 bits per heavy atom. The lowest BCUT2D eigenvalue weighted by molar-refractivity contribution is -0.384. The van der Waals surface area contributed by atoms with Gasteiger partial charge in [-0.3, -0.25) is 14.9 Å². The lowest BCUT2D eigenvalue weighted by Gasteiger charge is -2.25. The van der Waals surface area contributed by atoms with Crippen molar-refractivity contribution in [3.05, 3.63) is 45.8 Å². The van der Waals surface area contributed by atoms with Crippen LogP contribution in [0.2, 0.25) is 0 Å². The van der Waals surface area contributed by atoms with E-state index in [0.717, 1.165) is 12.8 Å². The van der Waals surface area contributed by atoms with Crippen molar-refractivity contribution in [3.63, 3.8) is 0 Å². The Morgan fingerprint density at radius 2 is 2.08 bits per heavy atom. The molecule has 3 rings (SSSR count). The van der Waals surface area contributed by atoms with Crippen molar-refractivity contribution in [1.29, 1.82) is 0 Å². The van der Waals surface area contributed by atoms with Gasteiger partial charge in [0.2, 0.25) is 0 Å². The third-order valence-electron chi connectivity index (χ3n) is 4.43. The van der Waals surface area contributed by atoms with E-state index in [4.69, 9.17) is 0 Å². The molecule has 0 spiro atoms. The molecule has 0 bridgehead atoms. The minimum atomic E-state index is -0.485. The second-order valence-electron chi connectivity index (χ2n) is 6.19. The monoisotopic (exact) mass is 345 g/mol. The molecule has 1 aromatic carbocycles. The van der Waals surface area contributed by atoms with Crippen molar-refractivity contribution >= 4 is 11.6 Å². The number of carbonyl (C=O) groups excluding carboxylic acids is 1. The standard InChI is InChI=1S/C16H19N5O4/c1-10-15(16(23)17-11-5-7-14(22)8-6-11)18-19-20(10)12-3-2-4-13(9-12)21(24)25/h2-4,9,11,14,22H,5-8H2,1H3,(H,17,23).